The molecule has 0 saturated carbocycles. The zero-order valence-electron chi connectivity index (χ0n) is 9.51. The monoisotopic (exact) mass is 243 g/mol. The molecule has 0 aromatic heterocycles. The average molecular weight is 243 g/mol. The fourth-order valence-corrected chi connectivity index (χ4v) is 2.62. The maximum absolute atomic E-state index is 11.2. The Kier molecular flexibility index (Phi) is 4.32. The van der Waals surface area contributed by atoms with Gasteiger partial charge in [0.1, 0.15) is 15.6 Å². The van der Waals surface area contributed by atoms with Gasteiger partial charge in [0.2, 0.25) is 0 Å². The van der Waals surface area contributed by atoms with E-state index in [4.69, 9.17) is 10.5 Å². The van der Waals surface area contributed by atoms with E-state index in [0.717, 1.165) is 5.56 Å². The van der Waals surface area contributed by atoms with Crippen molar-refractivity contribution in [2.75, 3.05) is 25.7 Å². The number of nitrogens with two attached hydrogens (primary N) is 1. The molecule has 0 radical (unpaired) electrons. The van der Waals surface area contributed by atoms with E-state index in [2.05, 4.69) is 0 Å². The van der Waals surface area contributed by atoms with Gasteiger partial charge in [-0.2, -0.15) is 0 Å². The zero-order chi connectivity index (χ0) is 12.2. The van der Waals surface area contributed by atoms with E-state index in [9.17, 15) is 8.42 Å². The van der Waals surface area contributed by atoms with Crippen LogP contribution in [0.15, 0.2) is 24.3 Å². The largest absolute Gasteiger partial charge is 0.497 e. The summed E-state index contributed by atoms with van der Waals surface area (Å²) in [7, 11) is -1.45. The van der Waals surface area contributed by atoms with Gasteiger partial charge < -0.3 is 10.5 Å². The van der Waals surface area contributed by atoms with Crippen molar-refractivity contribution in [3.8, 4) is 5.75 Å². The SMILES string of the molecule is COc1cccc(C(CN)CS(C)(=O)=O)c1. The highest BCUT2D eigenvalue weighted by Gasteiger charge is 2.16. The molecule has 0 bridgehead atoms. The summed E-state index contributed by atoms with van der Waals surface area (Å²) in [5.41, 5.74) is 6.49. The molecule has 0 aliphatic rings. The molecule has 0 fully saturated rings. The predicted octanol–water partition coefficient (Wildman–Crippen LogP) is 0.782. The Bertz CT molecular complexity index is 442. The van der Waals surface area contributed by atoms with Gasteiger partial charge in [0.25, 0.3) is 0 Å². The van der Waals surface area contributed by atoms with Crippen molar-refractivity contribution in [3.05, 3.63) is 29.8 Å². The number of hydrogen-bond donors (Lipinski definition) is 1. The van der Waals surface area contributed by atoms with Gasteiger partial charge in [-0.3, -0.25) is 0 Å². The van der Waals surface area contributed by atoms with Crippen LogP contribution in [0.3, 0.4) is 0 Å². The number of benzene rings is 1. The van der Waals surface area contributed by atoms with Crippen LogP contribution in [0.2, 0.25) is 0 Å². The van der Waals surface area contributed by atoms with Gasteiger partial charge in [-0.25, -0.2) is 8.42 Å². The van der Waals surface area contributed by atoms with E-state index in [1.54, 1.807) is 7.11 Å². The predicted molar refractivity (Wildman–Crippen MR) is 64.5 cm³/mol. The minimum atomic E-state index is -3.02. The molecule has 0 amide bonds. The molecule has 1 aromatic rings. The summed E-state index contributed by atoms with van der Waals surface area (Å²) < 4.78 is 27.6. The van der Waals surface area contributed by atoms with Crippen LogP contribution in [0.25, 0.3) is 0 Å². The van der Waals surface area contributed by atoms with Crippen molar-refractivity contribution in [2.24, 2.45) is 5.73 Å². The summed E-state index contributed by atoms with van der Waals surface area (Å²) in [6, 6.07) is 7.34. The molecule has 4 nitrogen and oxygen atoms in total. The normalized spacial score (nSPS) is 13.4. The lowest BCUT2D eigenvalue weighted by atomic mass is 10.0. The Morgan fingerprint density at radius 1 is 1.44 bits per heavy atom. The van der Waals surface area contributed by atoms with E-state index >= 15 is 0 Å². The maximum Gasteiger partial charge on any atom is 0.148 e. The van der Waals surface area contributed by atoms with E-state index in [-0.39, 0.29) is 11.7 Å². The average Bonchev–Trinajstić information content (AvgIpc) is 2.25. The summed E-state index contributed by atoms with van der Waals surface area (Å²) in [5, 5.41) is 0. The molecule has 0 heterocycles. The molecular weight excluding hydrogens is 226 g/mol. The van der Waals surface area contributed by atoms with Gasteiger partial charge in [0.05, 0.1) is 12.9 Å². The highest BCUT2D eigenvalue weighted by molar-refractivity contribution is 7.90. The lowest BCUT2D eigenvalue weighted by molar-refractivity contribution is 0.414. The summed E-state index contributed by atoms with van der Waals surface area (Å²) in [4.78, 5) is 0. The number of rotatable bonds is 5. The molecule has 1 aromatic carbocycles. The summed E-state index contributed by atoms with van der Waals surface area (Å²) >= 11 is 0. The summed E-state index contributed by atoms with van der Waals surface area (Å²) in [6.07, 6.45) is 1.22. The third kappa shape index (κ3) is 3.83. The van der Waals surface area contributed by atoms with Crippen molar-refractivity contribution in [1.82, 2.24) is 0 Å². The first-order valence-corrected chi connectivity index (χ1v) is 7.04. The number of sulfone groups is 1. The molecule has 1 rings (SSSR count). The van der Waals surface area contributed by atoms with Crippen LogP contribution in [0.4, 0.5) is 0 Å². The highest BCUT2D eigenvalue weighted by Crippen LogP contribution is 2.21. The molecule has 0 spiro atoms. The van der Waals surface area contributed by atoms with E-state index in [0.29, 0.717) is 12.3 Å². The lowest BCUT2D eigenvalue weighted by Crippen LogP contribution is -2.21. The minimum absolute atomic E-state index is 0.0661. The molecule has 2 N–H and O–H groups in total. The first-order valence-electron chi connectivity index (χ1n) is 4.98. The standard InChI is InChI=1S/C11H17NO3S/c1-15-11-5-3-4-9(6-11)10(7-12)8-16(2,13)14/h3-6,10H,7-8,12H2,1-2H3. The van der Waals surface area contributed by atoms with Crippen molar-refractivity contribution in [1.29, 1.82) is 0 Å². The Hall–Kier alpha value is -1.07. The second kappa shape index (κ2) is 5.32. The fourth-order valence-electron chi connectivity index (χ4n) is 1.56. The van der Waals surface area contributed by atoms with Crippen molar-refractivity contribution in [2.45, 2.75) is 5.92 Å². The topological polar surface area (TPSA) is 69.4 Å². The van der Waals surface area contributed by atoms with Crippen molar-refractivity contribution in [3.63, 3.8) is 0 Å². The number of methoxy groups -OCH3 is 1. The quantitative estimate of drug-likeness (QED) is 0.829. The number of ether oxygens (including phenoxy) is 1. The first-order chi connectivity index (χ1) is 7.46. The van der Waals surface area contributed by atoms with Crippen LogP contribution in [-0.4, -0.2) is 34.1 Å². The number of hydrogen-bond acceptors (Lipinski definition) is 4. The van der Waals surface area contributed by atoms with E-state index < -0.39 is 9.84 Å². The van der Waals surface area contributed by atoms with Gasteiger partial charge in [-0.1, -0.05) is 12.1 Å². The molecular formula is C11H17NO3S. The molecule has 90 valence electrons. The molecule has 0 saturated heterocycles. The van der Waals surface area contributed by atoms with Crippen molar-refractivity contribution >= 4 is 9.84 Å². The van der Waals surface area contributed by atoms with Crippen LogP contribution in [0.1, 0.15) is 11.5 Å². The van der Waals surface area contributed by atoms with Gasteiger partial charge >= 0.3 is 0 Å². The molecule has 1 unspecified atom stereocenters. The summed E-state index contributed by atoms with van der Waals surface area (Å²) in [5.74, 6) is 0.603. The van der Waals surface area contributed by atoms with Crippen LogP contribution in [0, 0.1) is 0 Å². The lowest BCUT2D eigenvalue weighted by Gasteiger charge is -2.14. The summed E-state index contributed by atoms with van der Waals surface area (Å²) in [6.45, 7) is 0.306. The Labute approximate surface area is 96.3 Å². The van der Waals surface area contributed by atoms with E-state index in [1.807, 2.05) is 24.3 Å². The Morgan fingerprint density at radius 3 is 2.62 bits per heavy atom. The van der Waals surface area contributed by atoms with Crippen LogP contribution in [-0.2, 0) is 9.84 Å². The van der Waals surface area contributed by atoms with Crippen molar-refractivity contribution < 1.29 is 13.2 Å². The van der Waals surface area contributed by atoms with Gasteiger partial charge in [-0.05, 0) is 17.7 Å². The molecule has 1 atom stereocenters. The van der Waals surface area contributed by atoms with E-state index in [1.165, 1.54) is 6.26 Å². The van der Waals surface area contributed by atoms with Gasteiger partial charge in [-0.15, -0.1) is 0 Å². The Balaban J connectivity index is 2.94. The smallest absolute Gasteiger partial charge is 0.148 e. The molecule has 16 heavy (non-hydrogen) atoms. The third-order valence-corrected chi connectivity index (χ3v) is 3.36. The van der Waals surface area contributed by atoms with Crippen LogP contribution >= 0.6 is 0 Å². The van der Waals surface area contributed by atoms with Gasteiger partial charge in [0.15, 0.2) is 0 Å². The second-order valence-electron chi connectivity index (χ2n) is 3.80. The molecule has 0 aliphatic heterocycles. The van der Waals surface area contributed by atoms with Crippen LogP contribution < -0.4 is 10.5 Å². The Morgan fingerprint density at radius 2 is 2.12 bits per heavy atom. The first kappa shape index (κ1) is 13.0. The van der Waals surface area contributed by atoms with Crippen LogP contribution in [0.5, 0.6) is 5.75 Å². The van der Waals surface area contributed by atoms with Gasteiger partial charge in [0, 0.05) is 18.7 Å². The third-order valence-electron chi connectivity index (χ3n) is 2.35. The highest BCUT2D eigenvalue weighted by atomic mass is 32.2. The second-order valence-corrected chi connectivity index (χ2v) is 5.99. The molecule has 0 aliphatic carbocycles. The zero-order valence-corrected chi connectivity index (χ0v) is 10.3. The fraction of sp³-hybridized carbons (Fsp3) is 0.455. The molecule has 5 heteroatoms. The minimum Gasteiger partial charge on any atom is -0.497 e. The maximum atomic E-state index is 11.2.